The molecule has 10 heteroatoms. The number of carbonyl (C=O) groups excluding carboxylic acids is 1. The number of hydrogen-bond donors (Lipinski definition) is 1. The van der Waals surface area contributed by atoms with Gasteiger partial charge in [-0.15, -0.1) is 4.40 Å². The molecule has 1 aromatic rings. The Hall–Kier alpha value is -1.62. The normalized spacial score (nSPS) is 30.3. The smallest absolute Gasteiger partial charge is 0.285 e. The Labute approximate surface area is 187 Å². The number of morpholine rings is 1. The number of thioether (sulfide) groups is 1. The SMILES string of the molecule is O=C(NCC1(N2CCOCC2)CCSC1)[C@@H]1CCCN1C1=NS(=O)(=O)c2ccccc21. The first kappa shape index (κ1) is 21.2. The van der Waals surface area contributed by atoms with Crippen molar-refractivity contribution in [1.82, 2.24) is 15.1 Å². The lowest BCUT2D eigenvalue weighted by molar-refractivity contribution is -0.125. The zero-order chi connectivity index (χ0) is 21.5. The van der Waals surface area contributed by atoms with Crippen molar-refractivity contribution in [3.63, 3.8) is 0 Å². The van der Waals surface area contributed by atoms with Gasteiger partial charge in [0.15, 0.2) is 5.84 Å². The average molecular weight is 465 g/mol. The number of hydrogen-bond acceptors (Lipinski definition) is 7. The molecule has 2 atom stereocenters. The number of sulfonamides is 1. The number of fused-ring (bicyclic) bond motifs is 1. The molecule has 0 spiro atoms. The van der Waals surface area contributed by atoms with Gasteiger partial charge in [-0.1, -0.05) is 12.1 Å². The van der Waals surface area contributed by atoms with Crippen LogP contribution in [-0.4, -0.2) is 92.4 Å². The second-order valence-corrected chi connectivity index (χ2v) is 11.3. The first-order chi connectivity index (χ1) is 15.0. The fourth-order valence-corrected chi connectivity index (χ4v) is 7.79. The second-order valence-electron chi connectivity index (χ2n) is 8.58. The Morgan fingerprint density at radius 3 is 2.84 bits per heavy atom. The van der Waals surface area contributed by atoms with E-state index < -0.39 is 16.1 Å². The molecule has 4 aliphatic rings. The van der Waals surface area contributed by atoms with Gasteiger partial charge in [0.1, 0.15) is 10.9 Å². The van der Waals surface area contributed by atoms with E-state index in [0.29, 0.717) is 30.9 Å². The first-order valence-electron chi connectivity index (χ1n) is 10.9. The van der Waals surface area contributed by atoms with Crippen LogP contribution in [0.15, 0.2) is 33.6 Å². The van der Waals surface area contributed by atoms with E-state index in [1.54, 1.807) is 18.2 Å². The largest absolute Gasteiger partial charge is 0.379 e. The van der Waals surface area contributed by atoms with Crippen LogP contribution < -0.4 is 5.32 Å². The van der Waals surface area contributed by atoms with Crippen LogP contribution in [0.1, 0.15) is 24.8 Å². The molecule has 3 saturated heterocycles. The average Bonchev–Trinajstić information content (AvgIpc) is 3.52. The Bertz CT molecular complexity index is 985. The predicted octanol–water partition coefficient (Wildman–Crippen LogP) is 0.924. The Morgan fingerprint density at radius 1 is 1.26 bits per heavy atom. The van der Waals surface area contributed by atoms with E-state index in [4.69, 9.17) is 4.74 Å². The second kappa shape index (κ2) is 8.38. The minimum Gasteiger partial charge on any atom is -0.379 e. The number of nitrogens with zero attached hydrogens (tertiary/aromatic N) is 3. The number of carbonyl (C=O) groups is 1. The van der Waals surface area contributed by atoms with Crippen LogP contribution in [0, 0.1) is 0 Å². The molecular formula is C21H28N4O4S2. The van der Waals surface area contributed by atoms with Gasteiger partial charge in [-0.05, 0) is 37.1 Å². The number of nitrogens with one attached hydrogen (secondary N) is 1. The van der Waals surface area contributed by atoms with E-state index in [-0.39, 0.29) is 16.3 Å². The van der Waals surface area contributed by atoms with Crippen LogP contribution in [0.25, 0.3) is 0 Å². The summed E-state index contributed by atoms with van der Waals surface area (Å²) in [4.78, 5) is 17.8. The number of ether oxygens (including phenoxy) is 1. The van der Waals surface area contributed by atoms with Gasteiger partial charge in [0.05, 0.1) is 13.2 Å². The highest BCUT2D eigenvalue weighted by atomic mass is 32.2. The fraction of sp³-hybridized carbons (Fsp3) is 0.619. The zero-order valence-electron chi connectivity index (χ0n) is 17.5. The van der Waals surface area contributed by atoms with Crippen molar-refractivity contribution in [3.8, 4) is 0 Å². The summed E-state index contributed by atoms with van der Waals surface area (Å²) in [5.74, 6) is 2.49. The van der Waals surface area contributed by atoms with Crippen molar-refractivity contribution in [1.29, 1.82) is 0 Å². The van der Waals surface area contributed by atoms with E-state index in [1.807, 2.05) is 22.7 Å². The quantitative estimate of drug-likeness (QED) is 0.709. The Kier molecular flexibility index (Phi) is 5.74. The molecule has 0 radical (unpaired) electrons. The lowest BCUT2D eigenvalue weighted by Crippen LogP contribution is -2.60. The number of amides is 1. The summed E-state index contributed by atoms with van der Waals surface area (Å²) in [7, 11) is -3.70. The Balaban J connectivity index is 1.32. The molecule has 5 rings (SSSR count). The maximum absolute atomic E-state index is 13.3. The molecule has 0 saturated carbocycles. The molecule has 1 N–H and O–H groups in total. The first-order valence-corrected chi connectivity index (χ1v) is 13.5. The minimum absolute atomic E-state index is 0.0195. The molecule has 4 aliphatic heterocycles. The van der Waals surface area contributed by atoms with Crippen LogP contribution in [-0.2, 0) is 19.6 Å². The van der Waals surface area contributed by atoms with Crippen molar-refractivity contribution in [2.24, 2.45) is 4.40 Å². The van der Waals surface area contributed by atoms with E-state index in [1.165, 1.54) is 0 Å². The monoisotopic (exact) mass is 464 g/mol. The van der Waals surface area contributed by atoms with Crippen molar-refractivity contribution in [3.05, 3.63) is 29.8 Å². The molecule has 31 heavy (non-hydrogen) atoms. The van der Waals surface area contributed by atoms with Gasteiger partial charge >= 0.3 is 0 Å². The van der Waals surface area contributed by atoms with Gasteiger partial charge in [0.2, 0.25) is 5.91 Å². The molecule has 8 nitrogen and oxygen atoms in total. The summed E-state index contributed by atoms with van der Waals surface area (Å²) in [5.41, 5.74) is 0.577. The van der Waals surface area contributed by atoms with E-state index in [2.05, 4.69) is 14.6 Å². The van der Waals surface area contributed by atoms with Gasteiger partial charge in [-0.3, -0.25) is 9.69 Å². The van der Waals surface area contributed by atoms with Gasteiger partial charge in [0.25, 0.3) is 10.0 Å². The molecule has 4 heterocycles. The van der Waals surface area contributed by atoms with Crippen LogP contribution in [0.2, 0.25) is 0 Å². The Morgan fingerprint density at radius 2 is 2.06 bits per heavy atom. The standard InChI is InChI=1S/C21H28N4O4S2/c26-20(22-14-21(7-13-30-15-21)24-9-11-29-12-10-24)17-5-3-8-25(17)19-16-4-1-2-6-18(16)31(27,28)23-19/h1-2,4,6,17H,3,5,7-15H2,(H,22,26)/t17-,21?/m0/s1. The molecule has 0 aromatic heterocycles. The van der Waals surface area contributed by atoms with Crippen LogP contribution in [0.3, 0.4) is 0 Å². The molecule has 0 bridgehead atoms. The number of amidine groups is 1. The van der Waals surface area contributed by atoms with Gasteiger partial charge in [0, 0.05) is 43.0 Å². The molecular weight excluding hydrogens is 436 g/mol. The summed E-state index contributed by atoms with van der Waals surface area (Å²) >= 11 is 1.94. The molecule has 3 fully saturated rings. The lowest BCUT2D eigenvalue weighted by atomic mass is 9.95. The van der Waals surface area contributed by atoms with Crippen LogP contribution in [0.4, 0.5) is 0 Å². The topological polar surface area (TPSA) is 91.3 Å². The number of benzene rings is 1. The zero-order valence-corrected chi connectivity index (χ0v) is 19.1. The lowest BCUT2D eigenvalue weighted by Gasteiger charge is -2.43. The minimum atomic E-state index is -3.70. The van der Waals surface area contributed by atoms with E-state index in [0.717, 1.165) is 50.7 Å². The van der Waals surface area contributed by atoms with Crippen LogP contribution >= 0.6 is 11.8 Å². The van der Waals surface area contributed by atoms with E-state index >= 15 is 0 Å². The molecule has 1 aromatic carbocycles. The molecule has 1 amide bonds. The van der Waals surface area contributed by atoms with Crippen molar-refractivity contribution >= 4 is 33.5 Å². The summed E-state index contributed by atoms with van der Waals surface area (Å²) < 4.78 is 34.5. The third kappa shape index (κ3) is 3.88. The van der Waals surface area contributed by atoms with Gasteiger partial charge < -0.3 is 15.0 Å². The highest BCUT2D eigenvalue weighted by molar-refractivity contribution is 7.99. The maximum atomic E-state index is 13.3. The molecule has 0 aliphatic carbocycles. The maximum Gasteiger partial charge on any atom is 0.285 e. The van der Waals surface area contributed by atoms with Crippen molar-refractivity contribution in [2.75, 3.05) is 50.9 Å². The van der Waals surface area contributed by atoms with Crippen LogP contribution in [0.5, 0.6) is 0 Å². The summed E-state index contributed by atoms with van der Waals surface area (Å²) in [5, 5.41) is 3.22. The third-order valence-corrected chi connectivity index (χ3v) is 9.36. The van der Waals surface area contributed by atoms with Crippen molar-refractivity contribution < 1.29 is 17.9 Å². The highest BCUT2D eigenvalue weighted by Gasteiger charge is 2.43. The summed E-state index contributed by atoms with van der Waals surface area (Å²) in [6.45, 7) is 4.53. The highest BCUT2D eigenvalue weighted by Crippen LogP contribution is 2.34. The molecule has 1 unspecified atom stereocenters. The predicted molar refractivity (Wildman–Crippen MR) is 120 cm³/mol. The fourth-order valence-electron chi connectivity index (χ4n) is 5.09. The van der Waals surface area contributed by atoms with Crippen molar-refractivity contribution in [2.45, 2.75) is 35.7 Å². The van der Waals surface area contributed by atoms with Gasteiger partial charge in [-0.25, -0.2) is 0 Å². The molecule has 168 valence electrons. The summed E-state index contributed by atoms with van der Waals surface area (Å²) in [6.07, 6.45) is 2.60. The number of rotatable bonds is 4. The number of likely N-dealkylation sites (tertiary alicyclic amines) is 1. The third-order valence-electron chi connectivity index (χ3n) is 6.80. The van der Waals surface area contributed by atoms with E-state index in [9.17, 15) is 13.2 Å². The van der Waals surface area contributed by atoms with Gasteiger partial charge in [-0.2, -0.15) is 20.2 Å². The summed E-state index contributed by atoms with van der Waals surface area (Å²) in [6, 6.07) is 6.47.